The average molecular weight is 242 g/mol. The molecule has 1 aromatic rings. The van der Waals surface area contributed by atoms with Crippen molar-refractivity contribution in [3.63, 3.8) is 0 Å². The standard InChI is InChI=1S/C11H14O4S/c1-8(11(12)13)7-9-3-5-10(6-4-9)16(2,14)15/h3-6,8H,7H2,1-2H3,(H,12,13). The van der Waals surface area contributed by atoms with E-state index < -0.39 is 21.7 Å². The quantitative estimate of drug-likeness (QED) is 0.865. The Bertz CT molecular complexity index is 473. The van der Waals surface area contributed by atoms with E-state index in [2.05, 4.69) is 0 Å². The number of benzene rings is 1. The van der Waals surface area contributed by atoms with Gasteiger partial charge >= 0.3 is 5.97 Å². The average Bonchev–Trinajstić information content (AvgIpc) is 2.17. The molecule has 1 atom stereocenters. The Morgan fingerprint density at radius 1 is 1.31 bits per heavy atom. The van der Waals surface area contributed by atoms with E-state index in [0.29, 0.717) is 6.42 Å². The molecule has 1 aromatic carbocycles. The van der Waals surface area contributed by atoms with Gasteiger partial charge < -0.3 is 5.11 Å². The normalized spacial score (nSPS) is 13.4. The first-order valence-corrected chi connectivity index (χ1v) is 6.71. The maximum absolute atomic E-state index is 11.2. The molecule has 4 nitrogen and oxygen atoms in total. The van der Waals surface area contributed by atoms with E-state index in [0.717, 1.165) is 11.8 Å². The van der Waals surface area contributed by atoms with Crippen molar-refractivity contribution in [3.05, 3.63) is 29.8 Å². The summed E-state index contributed by atoms with van der Waals surface area (Å²) in [7, 11) is -3.18. The molecular formula is C11H14O4S. The fraction of sp³-hybridized carbons (Fsp3) is 0.364. The Kier molecular flexibility index (Phi) is 3.70. The topological polar surface area (TPSA) is 71.4 Å². The van der Waals surface area contributed by atoms with Crippen molar-refractivity contribution in [2.75, 3.05) is 6.26 Å². The van der Waals surface area contributed by atoms with Gasteiger partial charge in [-0.3, -0.25) is 4.79 Å². The molecule has 0 aromatic heterocycles. The fourth-order valence-electron chi connectivity index (χ4n) is 1.31. The first-order valence-electron chi connectivity index (χ1n) is 4.82. The Hall–Kier alpha value is -1.36. The number of hydrogen-bond acceptors (Lipinski definition) is 3. The van der Waals surface area contributed by atoms with Crippen LogP contribution in [0.2, 0.25) is 0 Å². The summed E-state index contributed by atoms with van der Waals surface area (Å²) in [5, 5.41) is 8.73. The van der Waals surface area contributed by atoms with Gasteiger partial charge in [-0.25, -0.2) is 8.42 Å². The highest BCUT2D eigenvalue weighted by molar-refractivity contribution is 7.90. The van der Waals surface area contributed by atoms with Crippen molar-refractivity contribution < 1.29 is 18.3 Å². The first kappa shape index (κ1) is 12.7. The van der Waals surface area contributed by atoms with Crippen molar-refractivity contribution in [1.29, 1.82) is 0 Å². The minimum absolute atomic E-state index is 0.249. The molecule has 88 valence electrons. The van der Waals surface area contributed by atoms with Crippen molar-refractivity contribution >= 4 is 15.8 Å². The zero-order chi connectivity index (χ0) is 12.3. The van der Waals surface area contributed by atoms with Crippen molar-refractivity contribution in [1.82, 2.24) is 0 Å². The summed E-state index contributed by atoms with van der Waals surface area (Å²) in [5.74, 6) is -1.32. The van der Waals surface area contributed by atoms with Crippen LogP contribution in [0.4, 0.5) is 0 Å². The molecule has 0 heterocycles. The summed E-state index contributed by atoms with van der Waals surface area (Å²) < 4.78 is 22.4. The zero-order valence-electron chi connectivity index (χ0n) is 9.17. The molecule has 0 bridgehead atoms. The molecule has 0 fully saturated rings. The van der Waals surface area contributed by atoms with Crippen molar-refractivity contribution in [2.24, 2.45) is 5.92 Å². The molecule has 1 unspecified atom stereocenters. The Balaban J connectivity index is 2.84. The van der Waals surface area contributed by atoms with Crippen LogP contribution in [0.5, 0.6) is 0 Å². The van der Waals surface area contributed by atoms with Crippen LogP contribution in [-0.4, -0.2) is 25.7 Å². The predicted molar refractivity (Wildman–Crippen MR) is 60.1 cm³/mol. The van der Waals surface area contributed by atoms with Gasteiger partial charge in [0, 0.05) is 6.26 Å². The number of carboxylic acids is 1. The summed E-state index contributed by atoms with van der Waals surface area (Å²) in [6, 6.07) is 6.30. The number of rotatable bonds is 4. The molecule has 0 aliphatic rings. The highest BCUT2D eigenvalue weighted by Gasteiger charge is 2.12. The van der Waals surface area contributed by atoms with E-state index in [4.69, 9.17) is 5.11 Å². The lowest BCUT2D eigenvalue weighted by Gasteiger charge is -2.06. The molecule has 1 rings (SSSR count). The van der Waals surface area contributed by atoms with Crippen molar-refractivity contribution in [3.8, 4) is 0 Å². The van der Waals surface area contributed by atoms with Crippen LogP contribution >= 0.6 is 0 Å². The van der Waals surface area contributed by atoms with Crippen LogP contribution in [0.15, 0.2) is 29.2 Å². The van der Waals surface area contributed by atoms with Crippen LogP contribution in [-0.2, 0) is 21.1 Å². The number of aliphatic carboxylic acids is 1. The summed E-state index contributed by atoms with van der Waals surface area (Å²) in [4.78, 5) is 10.9. The van der Waals surface area contributed by atoms with E-state index in [1.54, 1.807) is 19.1 Å². The second-order valence-corrected chi connectivity index (χ2v) is 5.88. The molecule has 0 radical (unpaired) electrons. The molecule has 16 heavy (non-hydrogen) atoms. The molecule has 5 heteroatoms. The molecule has 1 N–H and O–H groups in total. The third kappa shape index (κ3) is 3.34. The SMILES string of the molecule is CC(Cc1ccc(S(C)(=O)=O)cc1)C(=O)O. The molecule has 0 saturated carbocycles. The summed E-state index contributed by atoms with van der Waals surface area (Å²) in [5.41, 5.74) is 0.822. The van der Waals surface area contributed by atoms with Gasteiger partial charge in [0.1, 0.15) is 0 Å². The maximum atomic E-state index is 11.2. The summed E-state index contributed by atoms with van der Waals surface area (Å²) >= 11 is 0. The molecule has 0 saturated heterocycles. The molecule has 0 aliphatic carbocycles. The predicted octanol–water partition coefficient (Wildman–Crippen LogP) is 1.35. The Morgan fingerprint density at radius 2 is 1.81 bits per heavy atom. The monoisotopic (exact) mass is 242 g/mol. The van der Waals surface area contributed by atoms with Crippen LogP contribution in [0.1, 0.15) is 12.5 Å². The van der Waals surface area contributed by atoms with Crippen molar-refractivity contribution in [2.45, 2.75) is 18.2 Å². The summed E-state index contributed by atoms with van der Waals surface area (Å²) in [6.45, 7) is 1.62. The molecule has 0 aliphatic heterocycles. The minimum Gasteiger partial charge on any atom is -0.481 e. The first-order chi connectivity index (χ1) is 7.30. The third-order valence-electron chi connectivity index (χ3n) is 2.31. The van der Waals surface area contributed by atoms with Crippen LogP contribution in [0, 0.1) is 5.92 Å². The Labute approximate surface area is 94.8 Å². The molecule has 0 spiro atoms. The van der Waals surface area contributed by atoms with Gasteiger partial charge in [0.05, 0.1) is 10.8 Å². The minimum atomic E-state index is -3.18. The van der Waals surface area contributed by atoms with Gasteiger partial charge in [-0.05, 0) is 24.1 Å². The lowest BCUT2D eigenvalue weighted by atomic mass is 10.0. The number of carbonyl (C=O) groups is 1. The van der Waals surface area contributed by atoms with Crippen LogP contribution < -0.4 is 0 Å². The molecular weight excluding hydrogens is 228 g/mol. The third-order valence-corrected chi connectivity index (χ3v) is 3.44. The smallest absolute Gasteiger partial charge is 0.306 e. The molecule has 0 amide bonds. The van der Waals surface area contributed by atoms with Gasteiger partial charge in [0.2, 0.25) is 0 Å². The van der Waals surface area contributed by atoms with Gasteiger partial charge in [-0.15, -0.1) is 0 Å². The second kappa shape index (κ2) is 4.65. The van der Waals surface area contributed by atoms with E-state index in [9.17, 15) is 13.2 Å². The van der Waals surface area contributed by atoms with Gasteiger partial charge in [-0.1, -0.05) is 19.1 Å². The largest absolute Gasteiger partial charge is 0.481 e. The fourth-order valence-corrected chi connectivity index (χ4v) is 1.94. The van der Waals surface area contributed by atoms with E-state index >= 15 is 0 Å². The highest BCUT2D eigenvalue weighted by atomic mass is 32.2. The van der Waals surface area contributed by atoms with Gasteiger partial charge in [0.15, 0.2) is 9.84 Å². The number of carboxylic acid groups (broad SMARTS) is 1. The second-order valence-electron chi connectivity index (χ2n) is 3.86. The summed E-state index contributed by atoms with van der Waals surface area (Å²) in [6.07, 6.45) is 1.54. The van der Waals surface area contributed by atoms with E-state index in [1.165, 1.54) is 12.1 Å². The Morgan fingerprint density at radius 3 is 2.19 bits per heavy atom. The van der Waals surface area contributed by atoms with Crippen LogP contribution in [0.25, 0.3) is 0 Å². The number of sulfone groups is 1. The lowest BCUT2D eigenvalue weighted by molar-refractivity contribution is -0.141. The van der Waals surface area contributed by atoms with E-state index in [-0.39, 0.29) is 4.90 Å². The van der Waals surface area contributed by atoms with Gasteiger partial charge in [-0.2, -0.15) is 0 Å². The zero-order valence-corrected chi connectivity index (χ0v) is 9.99. The highest BCUT2D eigenvalue weighted by Crippen LogP contribution is 2.13. The van der Waals surface area contributed by atoms with Crippen LogP contribution in [0.3, 0.4) is 0 Å². The maximum Gasteiger partial charge on any atom is 0.306 e. The number of hydrogen-bond donors (Lipinski definition) is 1. The van der Waals surface area contributed by atoms with Gasteiger partial charge in [0.25, 0.3) is 0 Å². The lowest BCUT2D eigenvalue weighted by Crippen LogP contribution is -2.12. The van der Waals surface area contributed by atoms with E-state index in [1.807, 2.05) is 0 Å².